The summed E-state index contributed by atoms with van der Waals surface area (Å²) >= 11 is 11.5. The molecule has 1 atom stereocenters. The number of anilines is 1. The summed E-state index contributed by atoms with van der Waals surface area (Å²) in [5.41, 5.74) is 5.14. The van der Waals surface area contributed by atoms with E-state index in [2.05, 4.69) is 10.6 Å². The fourth-order valence-corrected chi connectivity index (χ4v) is 1.76. The smallest absolute Gasteiger partial charge is 0.326 e. The normalized spacial score (nSPS) is 11.5. The maximum absolute atomic E-state index is 11.6. The number of halogens is 2. The Hall–Kier alpha value is -1.99. The highest BCUT2D eigenvalue weighted by Gasteiger charge is 2.22. The highest BCUT2D eigenvalue weighted by molar-refractivity contribution is 6.36. The maximum Gasteiger partial charge on any atom is 0.326 e. The van der Waals surface area contributed by atoms with Crippen LogP contribution in [0.5, 0.6) is 0 Å². The molecule has 0 aromatic heterocycles. The minimum atomic E-state index is -1.42. The summed E-state index contributed by atoms with van der Waals surface area (Å²) < 4.78 is 0. The highest BCUT2D eigenvalue weighted by atomic mass is 35.5. The van der Waals surface area contributed by atoms with Gasteiger partial charge in [-0.2, -0.15) is 0 Å². The Bertz CT molecular complexity index is 550. The zero-order chi connectivity index (χ0) is 15.3. The molecular weight excluding hydrogens is 309 g/mol. The summed E-state index contributed by atoms with van der Waals surface area (Å²) in [7, 11) is 0. The quantitative estimate of drug-likeness (QED) is 0.656. The van der Waals surface area contributed by atoms with Crippen LogP contribution in [0.3, 0.4) is 0 Å². The average Bonchev–Trinajstić information content (AvgIpc) is 2.31. The van der Waals surface area contributed by atoms with Gasteiger partial charge >= 0.3 is 12.0 Å². The van der Waals surface area contributed by atoms with Gasteiger partial charge in [-0.1, -0.05) is 23.2 Å². The van der Waals surface area contributed by atoms with Crippen molar-refractivity contribution in [3.8, 4) is 0 Å². The van der Waals surface area contributed by atoms with Crippen LogP contribution in [0.25, 0.3) is 0 Å². The molecule has 9 heteroatoms. The zero-order valence-corrected chi connectivity index (χ0v) is 11.5. The molecule has 0 heterocycles. The van der Waals surface area contributed by atoms with Crippen LogP contribution >= 0.6 is 23.2 Å². The largest absolute Gasteiger partial charge is 0.480 e. The molecule has 0 aliphatic carbocycles. The Morgan fingerprint density at radius 3 is 2.45 bits per heavy atom. The van der Waals surface area contributed by atoms with E-state index in [0.717, 1.165) is 0 Å². The van der Waals surface area contributed by atoms with Gasteiger partial charge in [0.15, 0.2) is 0 Å². The first kappa shape index (κ1) is 16.1. The molecule has 0 saturated carbocycles. The molecule has 0 spiro atoms. The topological polar surface area (TPSA) is 122 Å². The lowest BCUT2D eigenvalue weighted by Crippen LogP contribution is -2.45. The molecule has 1 unspecified atom stereocenters. The van der Waals surface area contributed by atoms with Crippen LogP contribution in [-0.2, 0) is 9.59 Å². The summed E-state index contributed by atoms with van der Waals surface area (Å²) in [5, 5.41) is 13.8. The van der Waals surface area contributed by atoms with Crippen LogP contribution in [0.2, 0.25) is 10.0 Å². The van der Waals surface area contributed by atoms with Crippen molar-refractivity contribution < 1.29 is 19.5 Å². The van der Waals surface area contributed by atoms with E-state index in [0.29, 0.717) is 5.02 Å². The summed E-state index contributed by atoms with van der Waals surface area (Å²) in [6.07, 6.45) is -0.517. The number of carbonyl (C=O) groups is 3. The van der Waals surface area contributed by atoms with Gasteiger partial charge in [0, 0.05) is 5.02 Å². The highest BCUT2D eigenvalue weighted by Crippen LogP contribution is 2.25. The number of urea groups is 1. The Morgan fingerprint density at radius 1 is 1.30 bits per heavy atom. The van der Waals surface area contributed by atoms with E-state index in [4.69, 9.17) is 34.0 Å². The van der Waals surface area contributed by atoms with Gasteiger partial charge in [-0.15, -0.1) is 0 Å². The van der Waals surface area contributed by atoms with Crippen molar-refractivity contribution >= 4 is 46.8 Å². The standard InChI is InChI=1S/C11H11Cl2N3O4/c12-5-1-2-7(6(13)3-5)15-11(20)16-8(10(18)19)4-9(14)17/h1-3,8H,4H2,(H2,14,17)(H,18,19)(H2,15,16,20). The van der Waals surface area contributed by atoms with E-state index >= 15 is 0 Å². The number of primary amides is 1. The number of rotatable bonds is 5. The van der Waals surface area contributed by atoms with Gasteiger partial charge in [0.05, 0.1) is 17.1 Å². The van der Waals surface area contributed by atoms with Crippen LogP contribution in [0.4, 0.5) is 10.5 Å². The Balaban J connectivity index is 2.70. The molecule has 0 fully saturated rings. The number of benzene rings is 1. The second kappa shape index (κ2) is 6.97. The van der Waals surface area contributed by atoms with E-state index in [-0.39, 0.29) is 10.7 Å². The van der Waals surface area contributed by atoms with Crippen LogP contribution in [0.15, 0.2) is 18.2 Å². The van der Waals surface area contributed by atoms with Crippen molar-refractivity contribution in [3.63, 3.8) is 0 Å². The lowest BCUT2D eigenvalue weighted by molar-refractivity contribution is -0.140. The van der Waals surface area contributed by atoms with Crippen molar-refractivity contribution in [2.75, 3.05) is 5.32 Å². The van der Waals surface area contributed by atoms with Gasteiger partial charge in [0.2, 0.25) is 5.91 Å². The van der Waals surface area contributed by atoms with Crippen molar-refractivity contribution in [1.29, 1.82) is 0 Å². The molecular formula is C11H11Cl2N3O4. The van der Waals surface area contributed by atoms with Crippen molar-refractivity contribution in [3.05, 3.63) is 28.2 Å². The number of amides is 3. The molecule has 1 rings (SSSR count). The molecule has 0 saturated heterocycles. The molecule has 0 bridgehead atoms. The van der Waals surface area contributed by atoms with Gasteiger partial charge in [0.1, 0.15) is 6.04 Å². The van der Waals surface area contributed by atoms with E-state index in [1.165, 1.54) is 18.2 Å². The molecule has 108 valence electrons. The van der Waals surface area contributed by atoms with Crippen molar-refractivity contribution in [2.45, 2.75) is 12.5 Å². The molecule has 7 nitrogen and oxygen atoms in total. The van der Waals surface area contributed by atoms with E-state index < -0.39 is 30.4 Å². The summed E-state index contributed by atoms with van der Waals surface area (Å²) in [6.45, 7) is 0. The molecule has 0 aliphatic rings. The minimum Gasteiger partial charge on any atom is -0.480 e. The van der Waals surface area contributed by atoms with E-state index in [9.17, 15) is 14.4 Å². The first-order chi connectivity index (χ1) is 9.29. The number of nitrogens with two attached hydrogens (primary N) is 1. The van der Waals surface area contributed by atoms with Gasteiger partial charge in [0.25, 0.3) is 0 Å². The summed E-state index contributed by atoms with van der Waals surface area (Å²) in [4.78, 5) is 33.2. The fraction of sp³-hybridized carbons (Fsp3) is 0.182. The molecule has 1 aromatic carbocycles. The molecule has 5 N–H and O–H groups in total. The van der Waals surface area contributed by atoms with Crippen molar-refractivity contribution in [1.82, 2.24) is 5.32 Å². The monoisotopic (exact) mass is 319 g/mol. The van der Waals surface area contributed by atoms with Crippen LogP contribution in [0, 0.1) is 0 Å². The first-order valence-corrected chi connectivity index (χ1v) is 6.09. The van der Waals surface area contributed by atoms with Gasteiger partial charge in [-0.05, 0) is 18.2 Å². The number of carbonyl (C=O) groups excluding carboxylic acids is 2. The Kier molecular flexibility index (Phi) is 5.60. The van der Waals surface area contributed by atoms with Gasteiger partial charge in [-0.25, -0.2) is 9.59 Å². The minimum absolute atomic E-state index is 0.189. The lowest BCUT2D eigenvalue weighted by atomic mass is 10.2. The molecule has 20 heavy (non-hydrogen) atoms. The second-order valence-electron chi connectivity index (χ2n) is 3.78. The number of nitrogens with one attached hydrogen (secondary N) is 2. The van der Waals surface area contributed by atoms with Crippen LogP contribution in [-0.4, -0.2) is 29.1 Å². The van der Waals surface area contributed by atoms with E-state index in [1.807, 2.05) is 0 Å². The third-order valence-corrected chi connectivity index (χ3v) is 2.74. The molecule has 1 aromatic rings. The van der Waals surface area contributed by atoms with E-state index in [1.54, 1.807) is 0 Å². The molecule has 0 aliphatic heterocycles. The van der Waals surface area contributed by atoms with Crippen LogP contribution < -0.4 is 16.4 Å². The number of aliphatic carboxylic acids is 1. The number of hydrogen-bond acceptors (Lipinski definition) is 3. The van der Waals surface area contributed by atoms with Crippen LogP contribution in [0.1, 0.15) is 6.42 Å². The predicted octanol–water partition coefficient (Wildman–Crippen LogP) is 1.44. The maximum atomic E-state index is 11.6. The average molecular weight is 320 g/mol. The first-order valence-electron chi connectivity index (χ1n) is 5.33. The van der Waals surface area contributed by atoms with Crippen molar-refractivity contribution in [2.24, 2.45) is 5.73 Å². The summed E-state index contributed by atoms with van der Waals surface area (Å²) in [5.74, 6) is -2.22. The number of carboxylic acid groups (broad SMARTS) is 1. The zero-order valence-electron chi connectivity index (χ0n) is 10.0. The fourth-order valence-electron chi connectivity index (χ4n) is 1.31. The second-order valence-corrected chi connectivity index (χ2v) is 4.63. The SMILES string of the molecule is NC(=O)CC(NC(=O)Nc1ccc(Cl)cc1Cl)C(=O)O. The predicted molar refractivity (Wildman–Crippen MR) is 73.9 cm³/mol. The lowest BCUT2D eigenvalue weighted by Gasteiger charge is -2.14. The summed E-state index contributed by atoms with van der Waals surface area (Å²) in [6, 6.07) is 2.12. The molecule has 3 amide bonds. The molecule has 0 radical (unpaired) electrons. The number of carboxylic acids is 1. The number of hydrogen-bond donors (Lipinski definition) is 4. The Morgan fingerprint density at radius 2 is 1.95 bits per heavy atom. The third kappa shape index (κ3) is 4.94. The Labute approximate surface area is 124 Å². The third-order valence-electron chi connectivity index (χ3n) is 2.19. The van der Waals surface area contributed by atoms with Gasteiger partial charge in [-0.3, -0.25) is 4.79 Å². The van der Waals surface area contributed by atoms with Gasteiger partial charge < -0.3 is 21.5 Å².